The maximum Gasteiger partial charge on any atom is -0.0812 e. The molecule has 0 bridgehead atoms. The molecule has 0 aromatic heterocycles. The van der Waals surface area contributed by atoms with E-state index in [1.807, 2.05) is 0 Å². The third kappa shape index (κ3) is 1380. The summed E-state index contributed by atoms with van der Waals surface area (Å²) in [4.78, 5) is 0. The summed E-state index contributed by atoms with van der Waals surface area (Å²) in [6.45, 7) is 0. The predicted octanol–water partition coefficient (Wildman–Crippen LogP) is -0.443. The first kappa shape index (κ1) is 4.04. The Morgan fingerprint density at radius 3 is 2.00 bits per heavy atom. The summed E-state index contributed by atoms with van der Waals surface area (Å²) in [5, 5.41) is 0. The van der Waals surface area contributed by atoms with Gasteiger partial charge in [-0.2, -0.15) is 4.21 Å². The van der Waals surface area contributed by atoms with Gasteiger partial charge in [0.15, 0.2) is 0 Å². The lowest BCUT2D eigenvalue weighted by Gasteiger charge is -1.72. The van der Waals surface area contributed by atoms with Gasteiger partial charge < -0.3 is 0 Å². The zero-order chi connectivity index (χ0) is 3.58. The summed E-state index contributed by atoms with van der Waals surface area (Å²) in [6.07, 6.45) is 0. The molecule has 0 aliphatic heterocycles. The van der Waals surface area contributed by atoms with Crippen molar-refractivity contribution in [3.63, 3.8) is 0 Å². The molecule has 0 aliphatic carbocycles. The fraction of sp³-hybridized carbons (Fsp3) is 0. The van der Waals surface area contributed by atoms with Crippen molar-refractivity contribution in [3.05, 3.63) is 0 Å². The molecule has 0 fully saturated rings. The molecule has 1 N–H and O–H groups in total. The molecule has 0 atom stereocenters. The molecule has 4 heavy (non-hydrogen) atoms. The molecule has 0 saturated heterocycles. The Morgan fingerprint density at radius 2 is 2.00 bits per heavy atom. The quantitative estimate of drug-likeness (QED) is 0.406. The molecule has 0 saturated carbocycles. The van der Waals surface area contributed by atoms with E-state index in [0.29, 0.717) is 0 Å². The molecule has 2 nitrogen and oxygen atoms in total. The minimum Gasteiger partial charge on any atom is -0.283 e. The zero-order valence-corrected chi connectivity index (χ0v) is 2.73. The SMILES string of the molecule is O=[SH2](O)F. The lowest BCUT2D eigenvalue weighted by Crippen LogP contribution is -1.63. The lowest BCUT2D eigenvalue weighted by molar-refractivity contribution is 0.518. The maximum absolute atomic E-state index is 10.1. The summed E-state index contributed by atoms with van der Waals surface area (Å²) < 4.78 is 25.6. The maximum atomic E-state index is 10.1. The topological polar surface area (TPSA) is 37.3 Å². The molecule has 28 valence electrons. The van der Waals surface area contributed by atoms with Crippen LogP contribution in [0.3, 0.4) is 0 Å². The summed E-state index contributed by atoms with van der Waals surface area (Å²) in [7, 11) is 0. The Morgan fingerprint density at radius 1 is 2.00 bits per heavy atom. The van der Waals surface area contributed by atoms with E-state index in [2.05, 4.69) is 0 Å². The summed E-state index contributed by atoms with van der Waals surface area (Å²) in [5.74, 6) is 0. The van der Waals surface area contributed by atoms with Gasteiger partial charge in [-0.3, -0.25) is 4.55 Å². The van der Waals surface area contributed by atoms with Crippen LogP contribution in [0.2, 0.25) is 0 Å². The Bertz CT molecular complexity index is 29.0. The van der Waals surface area contributed by atoms with Gasteiger partial charge >= 0.3 is 0 Å². The van der Waals surface area contributed by atoms with E-state index < -0.39 is 11.5 Å². The van der Waals surface area contributed by atoms with Gasteiger partial charge in [0, 0.05) is 0 Å². The van der Waals surface area contributed by atoms with Crippen LogP contribution in [-0.4, -0.2) is 8.76 Å². The van der Waals surface area contributed by atoms with Gasteiger partial charge in [0.05, 0.1) is 0 Å². The number of halogens is 1. The highest BCUT2D eigenvalue weighted by Crippen LogP contribution is 1.62. The summed E-state index contributed by atoms with van der Waals surface area (Å²) >= 11 is -3.63. The van der Waals surface area contributed by atoms with Crippen molar-refractivity contribution in [1.29, 1.82) is 0 Å². The summed E-state index contributed by atoms with van der Waals surface area (Å²) in [6, 6.07) is 0. The largest absolute Gasteiger partial charge is 0.283 e. The van der Waals surface area contributed by atoms with Gasteiger partial charge in [-0.1, -0.05) is 11.5 Å². The van der Waals surface area contributed by atoms with E-state index in [0.717, 1.165) is 0 Å². The fourth-order valence-electron chi connectivity index (χ4n) is 0. The van der Waals surface area contributed by atoms with Gasteiger partial charge in [-0.05, 0) is 0 Å². The van der Waals surface area contributed by atoms with E-state index in [-0.39, 0.29) is 0 Å². The first-order valence-corrected chi connectivity index (χ1v) is 1.85. The van der Waals surface area contributed by atoms with Crippen LogP contribution in [0.25, 0.3) is 0 Å². The molecule has 0 amide bonds. The Labute approximate surface area is 25.2 Å². The van der Waals surface area contributed by atoms with Crippen molar-refractivity contribution in [2.24, 2.45) is 0 Å². The standard InChI is InChI=1S/FH3O2S/c1-4(2)3/h4H2,(H,2,3). The van der Waals surface area contributed by atoms with Gasteiger partial charge in [0.1, 0.15) is 0 Å². The Balaban J connectivity index is 2.80. The van der Waals surface area contributed by atoms with Crippen LogP contribution in [0.15, 0.2) is 0 Å². The van der Waals surface area contributed by atoms with Gasteiger partial charge in [-0.25, -0.2) is 0 Å². The van der Waals surface area contributed by atoms with Gasteiger partial charge in [0.25, 0.3) is 0 Å². The van der Waals surface area contributed by atoms with Crippen LogP contribution in [0.1, 0.15) is 0 Å². The van der Waals surface area contributed by atoms with Crippen LogP contribution in [-0.2, 0) is 11.5 Å². The predicted molar refractivity (Wildman–Crippen MR) is 14.7 cm³/mol. The normalized spacial score (nSPS) is 11.0. The van der Waals surface area contributed by atoms with E-state index in [1.165, 1.54) is 0 Å². The molecule has 4 heteroatoms. The molecule has 0 spiro atoms. The molecule has 0 heterocycles. The average Bonchev–Trinajstić information content (AvgIpc) is 0.811. The van der Waals surface area contributed by atoms with Crippen molar-refractivity contribution >= 4 is 11.5 Å². The number of hydrogen-bond acceptors (Lipinski definition) is 1. The Kier molecular flexibility index (Phi) is 1.38. The minimum atomic E-state index is -3.63. The van der Waals surface area contributed by atoms with E-state index >= 15 is 0 Å². The van der Waals surface area contributed by atoms with E-state index in [1.54, 1.807) is 0 Å². The highest BCUT2D eigenvalue weighted by atomic mass is 32.2. The average molecular weight is 86.1 g/mol. The van der Waals surface area contributed by atoms with Crippen molar-refractivity contribution in [1.82, 2.24) is 0 Å². The van der Waals surface area contributed by atoms with Gasteiger partial charge in [-0.15, -0.1) is 3.89 Å². The van der Waals surface area contributed by atoms with E-state index in [4.69, 9.17) is 8.76 Å². The molecule has 0 aliphatic rings. The molecular formula is H3FO2S. The molecule has 0 aromatic carbocycles. The molecular weight excluding hydrogens is 83.1 g/mol. The van der Waals surface area contributed by atoms with Crippen molar-refractivity contribution in [3.8, 4) is 0 Å². The van der Waals surface area contributed by atoms with Crippen LogP contribution in [0, 0.1) is 0 Å². The second-order valence-corrected chi connectivity index (χ2v) is 0.759. The summed E-state index contributed by atoms with van der Waals surface area (Å²) in [5.41, 5.74) is 0. The van der Waals surface area contributed by atoms with Crippen LogP contribution < -0.4 is 0 Å². The highest BCUT2D eigenvalue weighted by molar-refractivity contribution is 7.73. The third-order valence-corrected chi connectivity index (χ3v) is 0. The second-order valence-electron chi connectivity index (χ2n) is 0.253. The smallest absolute Gasteiger partial charge is 0.0812 e. The van der Waals surface area contributed by atoms with Crippen LogP contribution in [0.5, 0.6) is 0 Å². The van der Waals surface area contributed by atoms with Crippen molar-refractivity contribution in [2.75, 3.05) is 0 Å². The Hall–Kier alpha value is 0.0400. The molecule has 0 aromatic rings. The van der Waals surface area contributed by atoms with Crippen molar-refractivity contribution in [2.45, 2.75) is 0 Å². The molecule has 0 unspecified atom stereocenters. The number of rotatable bonds is 0. The van der Waals surface area contributed by atoms with E-state index in [9.17, 15) is 3.89 Å². The number of hydrogen-bond donors (Lipinski definition) is 1. The first-order valence-electron chi connectivity index (χ1n) is 0.617. The first-order chi connectivity index (χ1) is 1.73. The van der Waals surface area contributed by atoms with Crippen LogP contribution in [0.4, 0.5) is 3.89 Å². The lowest BCUT2D eigenvalue weighted by atomic mass is 15.9. The zero-order valence-electron chi connectivity index (χ0n) is 1.73. The molecule has 0 rings (SSSR count). The fourth-order valence-corrected chi connectivity index (χ4v) is 0. The second kappa shape index (κ2) is 1.37. The highest BCUT2D eigenvalue weighted by Gasteiger charge is 1.45. The molecule has 0 radical (unpaired) electrons. The van der Waals surface area contributed by atoms with Crippen molar-refractivity contribution < 1.29 is 12.6 Å². The van der Waals surface area contributed by atoms with Crippen LogP contribution >= 0.6 is 0 Å². The van der Waals surface area contributed by atoms with Gasteiger partial charge in [0.2, 0.25) is 0 Å². The third-order valence-electron chi connectivity index (χ3n) is 0. The minimum absolute atomic E-state index is 3.63. The monoisotopic (exact) mass is 86.0 g/mol.